The van der Waals surface area contributed by atoms with E-state index in [0.717, 1.165) is 49.1 Å². The van der Waals surface area contributed by atoms with Crippen molar-refractivity contribution in [3.05, 3.63) is 23.2 Å². The number of fused-ring (bicyclic) bond motifs is 6. The number of furan rings is 1. The summed E-state index contributed by atoms with van der Waals surface area (Å²) in [5.74, 6) is 5.25. The van der Waals surface area contributed by atoms with Gasteiger partial charge in [-0.2, -0.15) is 0 Å². The lowest BCUT2D eigenvalue weighted by Crippen LogP contribution is -2.50. The van der Waals surface area contributed by atoms with Gasteiger partial charge < -0.3 is 9.15 Å². The Kier molecular flexibility index (Phi) is 3.81. The predicted octanol–water partition coefficient (Wildman–Crippen LogP) is 4.20. The van der Waals surface area contributed by atoms with E-state index in [9.17, 15) is 9.59 Å². The van der Waals surface area contributed by atoms with Gasteiger partial charge in [0.05, 0.1) is 0 Å². The minimum Gasteiger partial charge on any atom is -0.464 e. The van der Waals surface area contributed by atoms with Crippen molar-refractivity contribution in [2.24, 2.45) is 35.0 Å². The van der Waals surface area contributed by atoms with Crippen LogP contribution in [-0.2, 0) is 22.4 Å². The lowest BCUT2D eigenvalue weighted by molar-refractivity contribution is -0.144. The Morgan fingerprint density at radius 2 is 1.96 bits per heavy atom. The lowest BCUT2D eigenvalue weighted by Gasteiger charge is -2.55. The van der Waals surface area contributed by atoms with Crippen LogP contribution in [0.2, 0.25) is 0 Å². The third-order valence-corrected chi connectivity index (χ3v) is 8.59. The first kappa shape index (κ1) is 16.6. The molecule has 0 amide bonds. The molecule has 0 aliphatic heterocycles. The molecule has 0 radical (unpaired) electrons. The minimum absolute atomic E-state index is 0.116. The largest absolute Gasteiger partial charge is 0.464 e. The summed E-state index contributed by atoms with van der Waals surface area (Å²) in [5, 5.41) is 0. The van der Waals surface area contributed by atoms with Crippen molar-refractivity contribution in [3.8, 4) is 0 Å². The second-order valence-corrected chi connectivity index (χ2v) is 9.40. The summed E-state index contributed by atoms with van der Waals surface area (Å²) in [6.45, 7) is 3.03. The summed E-state index contributed by atoms with van der Waals surface area (Å²) in [6, 6.07) is 1.97. The van der Waals surface area contributed by atoms with Crippen LogP contribution in [0.1, 0.15) is 67.3 Å². The van der Waals surface area contributed by atoms with E-state index in [1.807, 2.05) is 6.07 Å². The second kappa shape index (κ2) is 5.97. The molecule has 4 heteroatoms. The van der Waals surface area contributed by atoms with E-state index < -0.39 is 0 Å². The van der Waals surface area contributed by atoms with E-state index in [1.165, 1.54) is 37.7 Å². The number of aldehydes is 1. The van der Waals surface area contributed by atoms with Crippen molar-refractivity contribution in [2.75, 3.05) is 0 Å². The van der Waals surface area contributed by atoms with Gasteiger partial charge in [0.1, 0.15) is 11.9 Å². The van der Waals surface area contributed by atoms with Crippen molar-refractivity contribution in [1.82, 2.24) is 0 Å². The van der Waals surface area contributed by atoms with Crippen LogP contribution < -0.4 is 0 Å². The maximum absolute atomic E-state index is 11.1. The number of rotatable bonds is 3. The monoisotopic (exact) mass is 356 g/mol. The summed E-state index contributed by atoms with van der Waals surface area (Å²) in [6.07, 6.45) is 10.3. The molecule has 1 heterocycles. The van der Waals surface area contributed by atoms with Crippen LogP contribution >= 0.6 is 0 Å². The van der Waals surface area contributed by atoms with Gasteiger partial charge in [-0.1, -0.05) is 6.92 Å². The lowest BCUT2D eigenvalue weighted by atomic mass is 9.50. The Bertz CT molecular complexity index is 722. The van der Waals surface area contributed by atoms with Gasteiger partial charge in [-0.15, -0.1) is 0 Å². The molecule has 0 saturated heterocycles. The van der Waals surface area contributed by atoms with Crippen molar-refractivity contribution < 1.29 is 18.7 Å². The van der Waals surface area contributed by atoms with Crippen molar-refractivity contribution >= 4 is 12.8 Å². The van der Waals surface area contributed by atoms with Crippen LogP contribution in [0.25, 0.3) is 0 Å². The molecule has 0 spiro atoms. The highest BCUT2D eigenvalue weighted by Gasteiger charge is 2.58. The molecule has 0 bridgehead atoms. The molecule has 1 aromatic heterocycles. The molecule has 7 atom stereocenters. The van der Waals surface area contributed by atoms with Crippen molar-refractivity contribution in [3.63, 3.8) is 0 Å². The molecule has 3 saturated carbocycles. The van der Waals surface area contributed by atoms with Gasteiger partial charge in [0, 0.05) is 11.8 Å². The fourth-order valence-corrected chi connectivity index (χ4v) is 7.43. The summed E-state index contributed by atoms with van der Waals surface area (Å²) >= 11 is 0. The first-order valence-electron chi connectivity index (χ1n) is 10.3. The first-order valence-corrected chi connectivity index (χ1v) is 10.3. The van der Waals surface area contributed by atoms with Crippen LogP contribution in [-0.4, -0.2) is 18.9 Å². The van der Waals surface area contributed by atoms with E-state index >= 15 is 0 Å². The molecule has 26 heavy (non-hydrogen) atoms. The summed E-state index contributed by atoms with van der Waals surface area (Å²) < 4.78 is 11.2. The number of ether oxygens (including phenoxy) is 1. The Balaban J connectivity index is 1.40. The van der Waals surface area contributed by atoms with Crippen LogP contribution in [0.4, 0.5) is 0 Å². The van der Waals surface area contributed by atoms with E-state index in [4.69, 9.17) is 9.15 Å². The fourth-order valence-electron chi connectivity index (χ4n) is 7.43. The molecule has 1 aromatic rings. The molecule has 0 aromatic carbocycles. The van der Waals surface area contributed by atoms with E-state index in [1.54, 1.807) is 0 Å². The zero-order valence-electron chi connectivity index (χ0n) is 15.5. The predicted molar refractivity (Wildman–Crippen MR) is 95.7 cm³/mol. The molecule has 5 rings (SSSR count). The molecule has 0 unspecified atom stereocenters. The van der Waals surface area contributed by atoms with Gasteiger partial charge in [-0.25, -0.2) is 0 Å². The number of carbonyl (C=O) groups excluding carboxylic acids is 2. The van der Waals surface area contributed by atoms with Crippen LogP contribution in [0.3, 0.4) is 0 Å². The van der Waals surface area contributed by atoms with Gasteiger partial charge in [0.15, 0.2) is 12.0 Å². The highest BCUT2D eigenvalue weighted by atomic mass is 16.5. The fraction of sp³-hybridized carbons (Fsp3) is 0.727. The highest BCUT2D eigenvalue weighted by molar-refractivity contribution is 5.71. The Hall–Kier alpha value is -1.58. The smallest absolute Gasteiger partial charge is 0.293 e. The zero-order chi connectivity index (χ0) is 17.9. The Labute approximate surface area is 154 Å². The van der Waals surface area contributed by atoms with Crippen LogP contribution in [0.5, 0.6) is 0 Å². The van der Waals surface area contributed by atoms with Crippen molar-refractivity contribution in [1.29, 1.82) is 0 Å². The topological polar surface area (TPSA) is 56.5 Å². The maximum atomic E-state index is 11.1. The first-order chi connectivity index (χ1) is 12.6. The normalized spacial score (nSPS) is 43.6. The van der Waals surface area contributed by atoms with Gasteiger partial charge in [-0.05, 0) is 86.2 Å². The van der Waals surface area contributed by atoms with Gasteiger partial charge in [-0.3, -0.25) is 9.59 Å². The summed E-state index contributed by atoms with van der Waals surface area (Å²) in [5.41, 5.74) is 1.45. The third kappa shape index (κ3) is 2.26. The summed E-state index contributed by atoms with van der Waals surface area (Å²) in [7, 11) is 0. The quantitative estimate of drug-likeness (QED) is 0.762. The van der Waals surface area contributed by atoms with Gasteiger partial charge >= 0.3 is 0 Å². The number of carbonyl (C=O) groups is 2. The zero-order valence-corrected chi connectivity index (χ0v) is 15.5. The van der Waals surface area contributed by atoms with Crippen LogP contribution in [0, 0.1) is 35.0 Å². The highest BCUT2D eigenvalue weighted by Crippen LogP contribution is 2.62. The molecule has 3 fully saturated rings. The Morgan fingerprint density at radius 1 is 1.08 bits per heavy atom. The molecular weight excluding hydrogens is 328 g/mol. The molecule has 140 valence electrons. The minimum atomic E-state index is 0.116. The molecule has 0 N–H and O–H groups in total. The standard InChI is InChI=1S/C22H28O4/c1-22-7-6-16-17(19(22)4-5-21(22)25-12-24)3-2-13-10-20-14(9-18(13)16)8-15(11-23)26-20/h8,11-13,16-19,21H,2-7,9-10H2,1H3/t13-,16-,17+,18-,19-,21-,22-/m0/s1. The molecule has 4 aliphatic rings. The van der Waals surface area contributed by atoms with E-state index in [-0.39, 0.29) is 11.5 Å². The molecule has 4 aliphatic carbocycles. The van der Waals surface area contributed by atoms with Gasteiger partial charge in [0.25, 0.3) is 6.47 Å². The third-order valence-electron chi connectivity index (χ3n) is 8.59. The average Bonchev–Trinajstić information content (AvgIpc) is 3.20. The van der Waals surface area contributed by atoms with E-state index in [0.29, 0.717) is 24.1 Å². The number of hydrogen-bond acceptors (Lipinski definition) is 4. The Morgan fingerprint density at radius 3 is 2.77 bits per heavy atom. The van der Waals surface area contributed by atoms with E-state index in [2.05, 4.69) is 6.92 Å². The second-order valence-electron chi connectivity index (χ2n) is 9.40. The maximum Gasteiger partial charge on any atom is 0.293 e. The molecular formula is C22H28O4. The van der Waals surface area contributed by atoms with Crippen molar-refractivity contribution in [2.45, 2.75) is 64.4 Å². The average molecular weight is 356 g/mol. The molecule has 4 nitrogen and oxygen atoms in total. The summed E-state index contributed by atoms with van der Waals surface area (Å²) in [4.78, 5) is 22.0. The van der Waals surface area contributed by atoms with Crippen LogP contribution in [0.15, 0.2) is 10.5 Å². The number of hydrogen-bond donors (Lipinski definition) is 0. The van der Waals surface area contributed by atoms with Gasteiger partial charge in [0.2, 0.25) is 0 Å². The SMILES string of the molecule is C[C@]12CC[C@H]3[C@@H](CC[C@H]4Cc5oc(C=O)cc5C[C@@H]43)[C@@H]1CC[C@@H]2OC=O.